The van der Waals surface area contributed by atoms with E-state index in [4.69, 9.17) is 9.47 Å². The predicted molar refractivity (Wildman–Crippen MR) is 138 cm³/mol. The molecule has 1 unspecified atom stereocenters. The standard InChI is InChI=1S/C28H31N3O5/c1-17(29-2)26(32)30-23-13-10-18-7-5-6-8-24(18)31(27(23)33)16-22-21-12-9-20(28(34)36-4)15-19(21)11-14-25(22)35-3/h5-9,11-12,14-15,17,23,29H,10,13,16H2,1-4H3,(H,30,32)/t17-,23?/m0/s1. The molecular weight excluding hydrogens is 458 g/mol. The normalized spacial score (nSPS) is 16.2. The summed E-state index contributed by atoms with van der Waals surface area (Å²) in [5, 5.41) is 7.54. The minimum atomic E-state index is -0.660. The molecule has 188 valence electrons. The smallest absolute Gasteiger partial charge is 0.337 e. The summed E-state index contributed by atoms with van der Waals surface area (Å²) in [6, 6.07) is 15.8. The van der Waals surface area contributed by atoms with Crippen LogP contribution in [0.25, 0.3) is 10.8 Å². The zero-order valence-corrected chi connectivity index (χ0v) is 21.0. The molecule has 0 bridgehead atoms. The summed E-state index contributed by atoms with van der Waals surface area (Å²) in [6.45, 7) is 1.99. The number of likely N-dealkylation sites (N-methyl/N-ethyl adjacent to an activating group) is 1. The topological polar surface area (TPSA) is 97.0 Å². The number of fused-ring (bicyclic) bond motifs is 2. The largest absolute Gasteiger partial charge is 0.496 e. The Morgan fingerprint density at radius 3 is 2.61 bits per heavy atom. The van der Waals surface area contributed by atoms with E-state index in [2.05, 4.69) is 10.6 Å². The second-order valence-electron chi connectivity index (χ2n) is 8.84. The number of amides is 2. The molecule has 1 heterocycles. The number of benzene rings is 3. The molecule has 2 N–H and O–H groups in total. The van der Waals surface area contributed by atoms with Gasteiger partial charge in [0.2, 0.25) is 11.8 Å². The lowest BCUT2D eigenvalue weighted by Gasteiger charge is -2.28. The van der Waals surface area contributed by atoms with Crippen LogP contribution in [-0.4, -0.2) is 51.1 Å². The number of esters is 1. The number of carbonyl (C=O) groups is 3. The first-order valence-corrected chi connectivity index (χ1v) is 11.9. The number of nitrogens with one attached hydrogen (secondary N) is 2. The molecule has 8 nitrogen and oxygen atoms in total. The van der Waals surface area contributed by atoms with Gasteiger partial charge in [-0.25, -0.2) is 4.79 Å². The Morgan fingerprint density at radius 2 is 1.89 bits per heavy atom. The second kappa shape index (κ2) is 10.8. The third-order valence-electron chi connectivity index (χ3n) is 6.74. The molecule has 3 aromatic rings. The van der Waals surface area contributed by atoms with Gasteiger partial charge in [-0.05, 0) is 67.4 Å². The van der Waals surface area contributed by atoms with Crippen LogP contribution in [0.4, 0.5) is 5.69 Å². The summed E-state index contributed by atoms with van der Waals surface area (Å²) in [5.74, 6) is -0.186. The molecule has 0 spiro atoms. The van der Waals surface area contributed by atoms with Gasteiger partial charge in [-0.1, -0.05) is 30.3 Å². The van der Waals surface area contributed by atoms with Crippen LogP contribution in [0.1, 0.15) is 34.8 Å². The van der Waals surface area contributed by atoms with Gasteiger partial charge < -0.3 is 25.0 Å². The lowest BCUT2D eigenvalue weighted by Crippen LogP contribution is -2.52. The quantitative estimate of drug-likeness (QED) is 0.495. The monoisotopic (exact) mass is 489 g/mol. The van der Waals surface area contributed by atoms with Gasteiger partial charge in [0, 0.05) is 11.3 Å². The fraction of sp³-hybridized carbons (Fsp3) is 0.321. The van der Waals surface area contributed by atoms with Crippen molar-refractivity contribution in [2.45, 2.75) is 38.4 Å². The number of para-hydroxylation sites is 1. The van der Waals surface area contributed by atoms with Crippen molar-refractivity contribution in [1.82, 2.24) is 10.6 Å². The van der Waals surface area contributed by atoms with E-state index < -0.39 is 18.1 Å². The van der Waals surface area contributed by atoms with E-state index in [1.807, 2.05) is 42.5 Å². The molecular formula is C28H31N3O5. The maximum atomic E-state index is 13.9. The lowest BCUT2D eigenvalue weighted by atomic mass is 10.00. The number of hydrogen-bond donors (Lipinski definition) is 2. The fourth-order valence-electron chi connectivity index (χ4n) is 4.57. The third kappa shape index (κ3) is 4.90. The van der Waals surface area contributed by atoms with Crippen LogP contribution in [0.5, 0.6) is 5.75 Å². The van der Waals surface area contributed by atoms with Crippen molar-refractivity contribution in [2.24, 2.45) is 0 Å². The highest BCUT2D eigenvalue weighted by atomic mass is 16.5. The molecule has 0 radical (unpaired) electrons. The second-order valence-corrected chi connectivity index (χ2v) is 8.84. The van der Waals surface area contributed by atoms with E-state index in [0.29, 0.717) is 24.2 Å². The van der Waals surface area contributed by atoms with E-state index in [1.165, 1.54) is 7.11 Å². The maximum Gasteiger partial charge on any atom is 0.337 e. The first-order valence-electron chi connectivity index (χ1n) is 11.9. The van der Waals surface area contributed by atoms with E-state index in [1.54, 1.807) is 38.1 Å². The predicted octanol–water partition coefficient (Wildman–Crippen LogP) is 3.21. The fourth-order valence-corrected chi connectivity index (χ4v) is 4.57. The zero-order chi connectivity index (χ0) is 25.8. The molecule has 1 aliphatic rings. The minimum Gasteiger partial charge on any atom is -0.496 e. The lowest BCUT2D eigenvalue weighted by molar-refractivity contribution is -0.128. The molecule has 1 aliphatic heterocycles. The zero-order valence-electron chi connectivity index (χ0n) is 21.0. The Labute approximate surface area is 210 Å². The van der Waals surface area contributed by atoms with Crippen LogP contribution >= 0.6 is 0 Å². The Bertz CT molecular complexity index is 1310. The van der Waals surface area contributed by atoms with Gasteiger partial charge >= 0.3 is 5.97 Å². The van der Waals surface area contributed by atoms with Gasteiger partial charge in [0.25, 0.3) is 0 Å². The molecule has 0 aromatic heterocycles. The molecule has 0 aliphatic carbocycles. The third-order valence-corrected chi connectivity index (χ3v) is 6.74. The molecule has 2 atom stereocenters. The number of methoxy groups -OCH3 is 2. The van der Waals surface area contributed by atoms with Gasteiger partial charge in [-0.15, -0.1) is 0 Å². The number of anilines is 1. The Kier molecular flexibility index (Phi) is 7.55. The average Bonchev–Trinajstić information content (AvgIpc) is 3.04. The molecule has 0 saturated heterocycles. The highest BCUT2D eigenvalue weighted by Crippen LogP contribution is 2.34. The molecule has 36 heavy (non-hydrogen) atoms. The Balaban J connectivity index is 1.78. The maximum absolute atomic E-state index is 13.9. The first kappa shape index (κ1) is 25.2. The summed E-state index contributed by atoms with van der Waals surface area (Å²) in [6.07, 6.45) is 1.16. The van der Waals surface area contributed by atoms with Crippen molar-refractivity contribution in [3.05, 3.63) is 71.3 Å². The molecule has 0 saturated carbocycles. The van der Waals surface area contributed by atoms with E-state index in [0.717, 1.165) is 27.6 Å². The van der Waals surface area contributed by atoms with Crippen LogP contribution in [0.2, 0.25) is 0 Å². The number of rotatable bonds is 7. The van der Waals surface area contributed by atoms with Gasteiger partial charge in [0.1, 0.15) is 11.8 Å². The Morgan fingerprint density at radius 1 is 1.11 bits per heavy atom. The summed E-state index contributed by atoms with van der Waals surface area (Å²) < 4.78 is 10.5. The highest BCUT2D eigenvalue weighted by molar-refractivity contribution is 6.02. The number of carbonyl (C=O) groups excluding carboxylic acids is 3. The SMILES string of the molecule is CN[C@@H](C)C(=O)NC1CCc2ccccc2N(Cc2c(OC)ccc3cc(C(=O)OC)ccc23)C1=O. The van der Waals surface area contributed by atoms with Crippen LogP contribution in [0.3, 0.4) is 0 Å². The molecule has 2 amide bonds. The molecule has 3 aromatic carbocycles. The molecule has 4 rings (SSSR count). The van der Waals surface area contributed by atoms with Crippen LogP contribution in [-0.2, 0) is 27.3 Å². The molecule has 0 fully saturated rings. The van der Waals surface area contributed by atoms with Crippen LogP contribution in [0, 0.1) is 0 Å². The van der Waals surface area contributed by atoms with Crippen molar-refractivity contribution in [2.75, 3.05) is 26.2 Å². The summed E-state index contributed by atoms with van der Waals surface area (Å²) >= 11 is 0. The van der Waals surface area contributed by atoms with Crippen molar-refractivity contribution < 1.29 is 23.9 Å². The van der Waals surface area contributed by atoms with Gasteiger partial charge in [-0.2, -0.15) is 0 Å². The van der Waals surface area contributed by atoms with Crippen LogP contribution in [0.15, 0.2) is 54.6 Å². The first-order chi connectivity index (χ1) is 17.4. The summed E-state index contributed by atoms with van der Waals surface area (Å²) in [4.78, 5) is 40.3. The number of hydrogen-bond acceptors (Lipinski definition) is 6. The van der Waals surface area contributed by atoms with Crippen molar-refractivity contribution in [3.63, 3.8) is 0 Å². The molecule has 8 heteroatoms. The van der Waals surface area contributed by atoms with Gasteiger partial charge in [0.15, 0.2) is 0 Å². The van der Waals surface area contributed by atoms with Gasteiger partial charge in [-0.3, -0.25) is 9.59 Å². The van der Waals surface area contributed by atoms with Crippen LogP contribution < -0.4 is 20.3 Å². The Hall–Kier alpha value is -3.91. The number of ether oxygens (including phenoxy) is 2. The summed E-state index contributed by atoms with van der Waals surface area (Å²) in [5.41, 5.74) is 3.10. The van der Waals surface area contributed by atoms with E-state index >= 15 is 0 Å². The highest BCUT2D eigenvalue weighted by Gasteiger charge is 2.33. The number of nitrogens with zero attached hydrogens (tertiary/aromatic N) is 1. The number of aryl methyl sites for hydroxylation is 1. The van der Waals surface area contributed by atoms with E-state index in [-0.39, 0.29) is 18.4 Å². The van der Waals surface area contributed by atoms with E-state index in [9.17, 15) is 14.4 Å². The van der Waals surface area contributed by atoms with Crippen molar-refractivity contribution in [1.29, 1.82) is 0 Å². The van der Waals surface area contributed by atoms with Crippen molar-refractivity contribution >= 4 is 34.2 Å². The minimum absolute atomic E-state index is 0.179. The van der Waals surface area contributed by atoms with Crippen molar-refractivity contribution in [3.8, 4) is 5.75 Å². The van der Waals surface area contributed by atoms with Gasteiger partial charge in [0.05, 0.1) is 32.4 Å². The average molecular weight is 490 g/mol. The summed E-state index contributed by atoms with van der Waals surface area (Å²) in [7, 11) is 4.65.